The molecular weight excluding hydrogens is 294 g/mol. The van der Waals surface area contributed by atoms with Crippen LogP contribution in [0.3, 0.4) is 0 Å². The van der Waals surface area contributed by atoms with Crippen LogP contribution in [0.25, 0.3) is 5.78 Å². The predicted octanol–water partition coefficient (Wildman–Crippen LogP) is 1.52. The lowest BCUT2D eigenvalue weighted by molar-refractivity contribution is -0.0755. The van der Waals surface area contributed by atoms with Crippen LogP contribution in [0, 0.1) is 13.8 Å². The highest BCUT2D eigenvalue weighted by Gasteiger charge is 2.38. The van der Waals surface area contributed by atoms with Crippen LogP contribution in [-0.2, 0) is 4.74 Å². The summed E-state index contributed by atoms with van der Waals surface area (Å²) >= 11 is 0. The third-order valence-electron chi connectivity index (χ3n) is 4.80. The van der Waals surface area contributed by atoms with Crippen LogP contribution in [0.5, 0.6) is 0 Å². The molecule has 1 aliphatic carbocycles. The summed E-state index contributed by atoms with van der Waals surface area (Å²) in [5.74, 6) is 0.615. The van der Waals surface area contributed by atoms with Gasteiger partial charge in [0, 0.05) is 17.9 Å². The van der Waals surface area contributed by atoms with Crippen molar-refractivity contribution in [3.8, 4) is 0 Å². The van der Waals surface area contributed by atoms with Gasteiger partial charge >= 0.3 is 0 Å². The van der Waals surface area contributed by atoms with Crippen LogP contribution in [0.4, 0.5) is 0 Å². The van der Waals surface area contributed by atoms with Crippen molar-refractivity contribution < 1.29 is 9.53 Å². The first-order chi connectivity index (χ1) is 11.1. The molecule has 122 valence electrons. The highest BCUT2D eigenvalue weighted by molar-refractivity contribution is 5.91. The van der Waals surface area contributed by atoms with Crippen molar-refractivity contribution in [3.63, 3.8) is 0 Å². The number of hydrogen-bond donors (Lipinski definition) is 0. The molecule has 0 aromatic carbocycles. The van der Waals surface area contributed by atoms with Crippen LogP contribution >= 0.6 is 0 Å². The molecule has 1 saturated carbocycles. The summed E-state index contributed by atoms with van der Waals surface area (Å²) in [5.41, 5.74) is 1.80. The average molecular weight is 315 g/mol. The van der Waals surface area contributed by atoms with Gasteiger partial charge in [-0.25, -0.2) is 9.50 Å². The number of carbonyl (C=O) groups excluding carboxylic acids is 1. The van der Waals surface area contributed by atoms with Crippen molar-refractivity contribution in [3.05, 3.63) is 23.3 Å². The number of carbonyl (C=O) groups is 1. The van der Waals surface area contributed by atoms with Gasteiger partial charge in [0.05, 0.1) is 18.8 Å². The molecule has 4 rings (SSSR count). The van der Waals surface area contributed by atoms with Gasteiger partial charge in [0.25, 0.3) is 11.7 Å². The van der Waals surface area contributed by atoms with Crippen molar-refractivity contribution in [1.82, 2.24) is 24.5 Å². The normalized spacial score (nSPS) is 24.7. The molecule has 1 amide bonds. The maximum absolute atomic E-state index is 12.9. The zero-order valence-electron chi connectivity index (χ0n) is 13.5. The molecule has 7 nitrogen and oxygen atoms in total. The van der Waals surface area contributed by atoms with E-state index in [1.165, 1.54) is 6.42 Å². The SMILES string of the molecule is Cc1cc(C)n2nc(C(=O)N3CCOC4CCCCC43)nc2n1. The second-order valence-corrected chi connectivity index (χ2v) is 6.45. The number of ether oxygens (including phenoxy) is 1. The first kappa shape index (κ1) is 14.6. The molecule has 2 aromatic rings. The lowest BCUT2D eigenvalue weighted by atomic mass is 9.90. The molecule has 23 heavy (non-hydrogen) atoms. The molecule has 2 unspecified atom stereocenters. The van der Waals surface area contributed by atoms with Crippen LogP contribution < -0.4 is 0 Å². The fraction of sp³-hybridized carbons (Fsp3) is 0.625. The Bertz CT molecular complexity index is 754. The first-order valence-corrected chi connectivity index (χ1v) is 8.27. The van der Waals surface area contributed by atoms with E-state index in [1.807, 2.05) is 24.8 Å². The highest BCUT2D eigenvalue weighted by atomic mass is 16.5. The van der Waals surface area contributed by atoms with Crippen LogP contribution in [0.1, 0.15) is 47.7 Å². The van der Waals surface area contributed by atoms with Gasteiger partial charge in [-0.3, -0.25) is 4.79 Å². The quantitative estimate of drug-likeness (QED) is 0.798. The summed E-state index contributed by atoms with van der Waals surface area (Å²) in [6.07, 6.45) is 4.53. The zero-order valence-corrected chi connectivity index (χ0v) is 13.5. The number of aromatic nitrogens is 4. The molecule has 2 atom stereocenters. The van der Waals surface area contributed by atoms with Crippen LogP contribution in [0.2, 0.25) is 0 Å². The lowest BCUT2D eigenvalue weighted by Crippen LogP contribution is -2.55. The van der Waals surface area contributed by atoms with Gasteiger partial charge in [-0.15, -0.1) is 5.10 Å². The Hall–Kier alpha value is -2.02. The van der Waals surface area contributed by atoms with E-state index in [0.717, 1.165) is 30.7 Å². The van der Waals surface area contributed by atoms with Gasteiger partial charge < -0.3 is 9.64 Å². The van der Waals surface area contributed by atoms with Gasteiger partial charge in [0.1, 0.15) is 0 Å². The Balaban J connectivity index is 1.67. The molecule has 2 aromatic heterocycles. The highest BCUT2D eigenvalue weighted by Crippen LogP contribution is 2.29. The smallest absolute Gasteiger partial charge is 0.294 e. The molecule has 3 heterocycles. The maximum atomic E-state index is 12.9. The van der Waals surface area contributed by atoms with E-state index in [4.69, 9.17) is 4.74 Å². The van der Waals surface area contributed by atoms with E-state index in [2.05, 4.69) is 15.1 Å². The van der Waals surface area contributed by atoms with E-state index in [1.54, 1.807) is 4.52 Å². The molecule has 1 aliphatic heterocycles. The van der Waals surface area contributed by atoms with Crippen LogP contribution in [-0.4, -0.2) is 55.7 Å². The van der Waals surface area contributed by atoms with Crippen molar-refractivity contribution in [2.24, 2.45) is 0 Å². The van der Waals surface area contributed by atoms with E-state index < -0.39 is 0 Å². The molecule has 0 bridgehead atoms. The van der Waals surface area contributed by atoms with Crippen molar-refractivity contribution in [2.75, 3.05) is 13.2 Å². The summed E-state index contributed by atoms with van der Waals surface area (Å²) in [7, 11) is 0. The predicted molar refractivity (Wildman–Crippen MR) is 83.3 cm³/mol. The molecule has 2 fully saturated rings. The number of amides is 1. The third kappa shape index (κ3) is 2.49. The van der Waals surface area contributed by atoms with Gasteiger partial charge in [-0.1, -0.05) is 12.8 Å². The van der Waals surface area contributed by atoms with Gasteiger partial charge in [0.2, 0.25) is 5.82 Å². The largest absolute Gasteiger partial charge is 0.374 e. The van der Waals surface area contributed by atoms with Crippen molar-refractivity contribution in [2.45, 2.75) is 51.7 Å². The number of aryl methyl sites for hydroxylation is 2. The fourth-order valence-corrected chi connectivity index (χ4v) is 3.73. The lowest BCUT2D eigenvalue weighted by Gasteiger charge is -2.43. The fourth-order valence-electron chi connectivity index (χ4n) is 3.73. The molecular formula is C16H21N5O2. The minimum atomic E-state index is -0.104. The van der Waals surface area contributed by atoms with E-state index >= 15 is 0 Å². The second-order valence-electron chi connectivity index (χ2n) is 6.45. The van der Waals surface area contributed by atoms with E-state index in [9.17, 15) is 4.79 Å². The standard InChI is InChI=1S/C16H21N5O2/c1-10-9-11(2)21-16(17-10)18-14(19-21)15(22)20-7-8-23-13-6-4-3-5-12(13)20/h9,12-13H,3-8H2,1-2H3. The summed E-state index contributed by atoms with van der Waals surface area (Å²) in [4.78, 5) is 23.5. The molecule has 0 radical (unpaired) electrons. The topological polar surface area (TPSA) is 72.6 Å². The number of morpholine rings is 1. The Morgan fingerprint density at radius 2 is 2.09 bits per heavy atom. The summed E-state index contributed by atoms with van der Waals surface area (Å²) in [5, 5.41) is 4.38. The van der Waals surface area contributed by atoms with E-state index in [0.29, 0.717) is 18.9 Å². The summed E-state index contributed by atoms with van der Waals surface area (Å²) in [6, 6.07) is 2.09. The maximum Gasteiger partial charge on any atom is 0.294 e. The molecule has 0 N–H and O–H groups in total. The van der Waals surface area contributed by atoms with E-state index in [-0.39, 0.29) is 23.9 Å². The van der Waals surface area contributed by atoms with Crippen LogP contribution in [0.15, 0.2) is 6.07 Å². The van der Waals surface area contributed by atoms with Gasteiger partial charge in [-0.2, -0.15) is 4.98 Å². The number of nitrogens with zero attached hydrogens (tertiary/aromatic N) is 5. The summed E-state index contributed by atoms with van der Waals surface area (Å²) < 4.78 is 7.48. The Kier molecular flexibility index (Phi) is 3.52. The third-order valence-corrected chi connectivity index (χ3v) is 4.80. The Labute approximate surface area is 134 Å². The minimum Gasteiger partial charge on any atom is -0.374 e. The summed E-state index contributed by atoms with van der Waals surface area (Å²) in [6.45, 7) is 5.06. The van der Waals surface area contributed by atoms with Crippen molar-refractivity contribution in [1.29, 1.82) is 0 Å². The molecule has 0 spiro atoms. The zero-order chi connectivity index (χ0) is 16.0. The number of fused-ring (bicyclic) bond motifs is 2. The number of hydrogen-bond acceptors (Lipinski definition) is 5. The second kappa shape index (κ2) is 5.56. The monoisotopic (exact) mass is 315 g/mol. The Morgan fingerprint density at radius 3 is 2.96 bits per heavy atom. The average Bonchev–Trinajstić information content (AvgIpc) is 2.98. The first-order valence-electron chi connectivity index (χ1n) is 8.27. The van der Waals surface area contributed by atoms with Gasteiger partial charge in [-0.05, 0) is 32.8 Å². The number of rotatable bonds is 1. The molecule has 2 aliphatic rings. The van der Waals surface area contributed by atoms with Crippen molar-refractivity contribution >= 4 is 11.7 Å². The Morgan fingerprint density at radius 1 is 1.26 bits per heavy atom. The van der Waals surface area contributed by atoms with Gasteiger partial charge in [0.15, 0.2) is 0 Å². The minimum absolute atomic E-state index is 0.104. The molecule has 7 heteroatoms. The molecule has 1 saturated heterocycles.